The van der Waals surface area contributed by atoms with Gasteiger partial charge < -0.3 is 14.6 Å². The summed E-state index contributed by atoms with van der Waals surface area (Å²) in [5.41, 5.74) is 1.80. The number of methoxy groups -OCH3 is 1. The minimum atomic E-state index is -0.952. The van der Waals surface area contributed by atoms with E-state index in [4.69, 9.17) is 9.47 Å². The molecule has 0 bridgehead atoms. The Labute approximate surface area is 219 Å². The number of amides is 1. The molecule has 1 aliphatic rings. The number of carbonyl (C=O) groups is 2. The summed E-state index contributed by atoms with van der Waals surface area (Å²) in [7, 11) is 1.53. The number of aliphatic hydroxyl groups excluding tert-OH is 1. The quantitative estimate of drug-likeness (QED) is 0.204. The third-order valence-corrected chi connectivity index (χ3v) is 6.57. The molecule has 1 atom stereocenters. The van der Waals surface area contributed by atoms with Crippen LogP contribution in [0.2, 0.25) is 0 Å². The second-order valence-electron chi connectivity index (χ2n) is 8.70. The third kappa shape index (κ3) is 4.12. The molecule has 4 aromatic carbocycles. The Balaban J connectivity index is 1.77. The van der Waals surface area contributed by atoms with Crippen LogP contribution < -0.4 is 14.4 Å². The van der Waals surface area contributed by atoms with Gasteiger partial charge in [-0.3, -0.25) is 14.5 Å². The number of carbonyl (C=O) groups excluding carboxylic acids is 2. The first kappa shape index (κ1) is 24.6. The van der Waals surface area contributed by atoms with Crippen LogP contribution in [0.5, 0.6) is 11.5 Å². The van der Waals surface area contributed by atoms with Crippen molar-refractivity contribution in [1.82, 2.24) is 0 Å². The van der Waals surface area contributed by atoms with Crippen molar-refractivity contribution in [3.8, 4) is 17.6 Å². The zero-order chi connectivity index (χ0) is 26.8. The Bertz CT molecular complexity index is 1630. The van der Waals surface area contributed by atoms with Gasteiger partial charge in [0.1, 0.15) is 5.76 Å². The van der Waals surface area contributed by atoms with Crippen molar-refractivity contribution in [1.29, 1.82) is 5.26 Å². The highest BCUT2D eigenvalue weighted by molar-refractivity contribution is 6.51. The number of benzene rings is 4. The molecule has 7 nitrogen and oxygen atoms in total. The Morgan fingerprint density at radius 3 is 2.42 bits per heavy atom. The van der Waals surface area contributed by atoms with Gasteiger partial charge in [-0.15, -0.1) is 0 Å². The third-order valence-electron chi connectivity index (χ3n) is 6.57. The summed E-state index contributed by atoms with van der Waals surface area (Å²) < 4.78 is 11.2. The molecule has 1 unspecified atom stereocenters. The van der Waals surface area contributed by atoms with Gasteiger partial charge in [0.2, 0.25) is 0 Å². The van der Waals surface area contributed by atoms with E-state index in [1.54, 1.807) is 54.6 Å². The van der Waals surface area contributed by atoms with E-state index in [9.17, 15) is 20.0 Å². The second kappa shape index (κ2) is 10.1. The number of ether oxygens (including phenoxy) is 2. The van der Waals surface area contributed by atoms with E-state index < -0.39 is 17.7 Å². The largest absolute Gasteiger partial charge is 0.507 e. The lowest BCUT2D eigenvalue weighted by atomic mass is 9.93. The van der Waals surface area contributed by atoms with Crippen LogP contribution in [-0.4, -0.2) is 30.5 Å². The Hall–Kier alpha value is -5.09. The number of anilines is 1. The molecule has 38 heavy (non-hydrogen) atoms. The lowest BCUT2D eigenvalue weighted by Crippen LogP contribution is -2.29. The van der Waals surface area contributed by atoms with E-state index in [2.05, 4.69) is 6.07 Å². The van der Waals surface area contributed by atoms with Crippen LogP contribution in [0.15, 0.2) is 90.5 Å². The summed E-state index contributed by atoms with van der Waals surface area (Å²) in [4.78, 5) is 28.4. The summed E-state index contributed by atoms with van der Waals surface area (Å²) >= 11 is 0. The highest BCUT2D eigenvalue weighted by atomic mass is 16.5. The molecule has 1 aliphatic heterocycles. The molecule has 0 aliphatic carbocycles. The Morgan fingerprint density at radius 1 is 0.974 bits per heavy atom. The van der Waals surface area contributed by atoms with Gasteiger partial charge in [0.25, 0.3) is 11.7 Å². The first-order valence-corrected chi connectivity index (χ1v) is 12.1. The van der Waals surface area contributed by atoms with E-state index in [1.807, 2.05) is 37.3 Å². The van der Waals surface area contributed by atoms with Gasteiger partial charge in [-0.1, -0.05) is 48.5 Å². The standard InChI is InChI=1S/C31H24N2O5/c1-3-38-26-17-21(13-16-25(26)37-2)28-27(29(34)24-10-6-8-20-7-4-5-9-23(20)24)30(35)31(36)33(28)22-14-11-19(18-32)12-15-22/h4-17,28,34H,3H2,1-2H3/b29-27+. The fraction of sp³-hybridized carbons (Fsp3) is 0.129. The number of rotatable bonds is 6. The molecule has 1 saturated heterocycles. The number of hydrogen-bond donors (Lipinski definition) is 1. The highest BCUT2D eigenvalue weighted by Crippen LogP contribution is 2.44. The van der Waals surface area contributed by atoms with Crippen molar-refractivity contribution in [2.45, 2.75) is 13.0 Å². The van der Waals surface area contributed by atoms with E-state index in [1.165, 1.54) is 12.0 Å². The minimum absolute atomic E-state index is 0.0386. The fourth-order valence-electron chi connectivity index (χ4n) is 4.82. The normalized spacial score (nSPS) is 16.4. The monoisotopic (exact) mass is 504 g/mol. The average Bonchev–Trinajstić information content (AvgIpc) is 3.22. The van der Waals surface area contributed by atoms with Gasteiger partial charge in [0.15, 0.2) is 11.5 Å². The number of hydrogen-bond acceptors (Lipinski definition) is 6. The van der Waals surface area contributed by atoms with Crippen LogP contribution in [0.1, 0.15) is 29.7 Å². The number of aliphatic hydroxyl groups is 1. The zero-order valence-electron chi connectivity index (χ0n) is 20.8. The molecule has 4 aromatic rings. The molecule has 0 saturated carbocycles. The summed E-state index contributed by atoms with van der Waals surface area (Å²) in [6.45, 7) is 2.22. The zero-order valence-corrected chi connectivity index (χ0v) is 20.8. The van der Waals surface area contributed by atoms with Crippen molar-refractivity contribution in [2.75, 3.05) is 18.6 Å². The van der Waals surface area contributed by atoms with Crippen LogP contribution in [0.3, 0.4) is 0 Å². The molecule has 1 amide bonds. The number of nitriles is 1. The molecule has 188 valence electrons. The van der Waals surface area contributed by atoms with Crippen LogP contribution in [0.4, 0.5) is 5.69 Å². The van der Waals surface area contributed by atoms with E-state index in [0.29, 0.717) is 40.5 Å². The van der Waals surface area contributed by atoms with Crippen molar-refractivity contribution in [3.63, 3.8) is 0 Å². The maximum atomic E-state index is 13.6. The molecule has 7 heteroatoms. The molecule has 1 heterocycles. The lowest BCUT2D eigenvalue weighted by molar-refractivity contribution is -0.132. The van der Waals surface area contributed by atoms with E-state index >= 15 is 0 Å². The summed E-state index contributed by atoms with van der Waals surface area (Å²) in [5.74, 6) is -0.910. The maximum absolute atomic E-state index is 13.6. The lowest BCUT2D eigenvalue weighted by Gasteiger charge is -2.26. The molecule has 1 fully saturated rings. The van der Waals surface area contributed by atoms with Crippen LogP contribution >= 0.6 is 0 Å². The summed E-state index contributed by atoms with van der Waals surface area (Å²) in [6, 6.07) is 25.6. The molecule has 5 rings (SSSR count). The fourth-order valence-corrected chi connectivity index (χ4v) is 4.82. The van der Waals surface area contributed by atoms with Crippen LogP contribution in [0, 0.1) is 11.3 Å². The van der Waals surface area contributed by atoms with Crippen LogP contribution in [-0.2, 0) is 9.59 Å². The van der Waals surface area contributed by atoms with Gasteiger partial charge in [-0.25, -0.2) is 0 Å². The van der Waals surface area contributed by atoms with Crippen molar-refractivity contribution < 1.29 is 24.2 Å². The Kier molecular flexibility index (Phi) is 6.55. The first-order chi connectivity index (χ1) is 18.5. The highest BCUT2D eigenvalue weighted by Gasteiger charge is 2.47. The van der Waals surface area contributed by atoms with Crippen molar-refractivity contribution >= 4 is 33.9 Å². The predicted octanol–water partition coefficient (Wildman–Crippen LogP) is 5.75. The number of ketones is 1. The van der Waals surface area contributed by atoms with Gasteiger partial charge in [0.05, 0.1) is 37.0 Å². The average molecular weight is 505 g/mol. The van der Waals surface area contributed by atoms with Gasteiger partial charge in [0, 0.05) is 11.3 Å². The summed E-state index contributed by atoms with van der Waals surface area (Å²) in [5, 5.41) is 22.5. The second-order valence-corrected chi connectivity index (χ2v) is 8.70. The molecule has 1 N–H and O–H groups in total. The minimum Gasteiger partial charge on any atom is -0.507 e. The topological polar surface area (TPSA) is 99.9 Å². The number of fused-ring (bicyclic) bond motifs is 1. The maximum Gasteiger partial charge on any atom is 0.300 e. The van der Waals surface area contributed by atoms with Crippen molar-refractivity contribution in [3.05, 3.63) is 107 Å². The van der Waals surface area contributed by atoms with E-state index in [-0.39, 0.29) is 11.3 Å². The molecule has 0 spiro atoms. The van der Waals surface area contributed by atoms with Gasteiger partial charge in [-0.05, 0) is 59.7 Å². The predicted molar refractivity (Wildman–Crippen MR) is 144 cm³/mol. The molecular weight excluding hydrogens is 480 g/mol. The van der Waals surface area contributed by atoms with Gasteiger partial charge >= 0.3 is 0 Å². The molecule has 0 aromatic heterocycles. The van der Waals surface area contributed by atoms with Crippen molar-refractivity contribution in [2.24, 2.45) is 0 Å². The first-order valence-electron chi connectivity index (χ1n) is 12.1. The number of Topliss-reactive ketones (excluding diaryl/α,β-unsaturated/α-hetero) is 1. The summed E-state index contributed by atoms with van der Waals surface area (Å²) in [6.07, 6.45) is 0. The molecular formula is C31H24N2O5. The van der Waals surface area contributed by atoms with Crippen LogP contribution in [0.25, 0.3) is 16.5 Å². The number of nitrogens with zero attached hydrogens (tertiary/aromatic N) is 2. The van der Waals surface area contributed by atoms with Gasteiger partial charge in [-0.2, -0.15) is 5.26 Å². The Morgan fingerprint density at radius 2 is 1.71 bits per heavy atom. The molecule has 0 radical (unpaired) electrons. The smallest absolute Gasteiger partial charge is 0.300 e. The van der Waals surface area contributed by atoms with E-state index in [0.717, 1.165) is 10.8 Å². The SMILES string of the molecule is CCOc1cc(C2/C(=C(\O)c3cccc4ccccc34)C(=O)C(=O)N2c2ccc(C#N)cc2)ccc1OC.